The zero-order chi connectivity index (χ0) is 28.0. The molecular formula is C26H46N4O5SSi2. The Morgan fingerprint density at radius 3 is 2.34 bits per heavy atom. The van der Waals surface area contributed by atoms with Crippen LogP contribution in [0.2, 0.25) is 22.2 Å². The predicted octanol–water partition coefficient (Wildman–Crippen LogP) is 5.30. The van der Waals surface area contributed by atoms with E-state index >= 15 is 0 Å². The molecule has 0 aromatic carbocycles. The van der Waals surface area contributed by atoms with E-state index in [0.717, 1.165) is 11.5 Å². The summed E-state index contributed by atoms with van der Waals surface area (Å²) in [6.45, 7) is 23.0. The summed E-state index contributed by atoms with van der Waals surface area (Å²) >= 11 is 5.64. The summed E-state index contributed by atoms with van der Waals surface area (Å²) in [5, 5.41) is 3.45. The van der Waals surface area contributed by atoms with E-state index < -0.39 is 29.5 Å². The molecule has 3 aliphatic heterocycles. The van der Waals surface area contributed by atoms with E-state index in [-0.39, 0.29) is 34.4 Å². The molecule has 1 aromatic rings. The summed E-state index contributed by atoms with van der Waals surface area (Å²) in [5.41, 5.74) is 1.69. The Kier molecular flexibility index (Phi) is 8.95. The number of thiocarbonyl (C=S) groups is 1. The first kappa shape index (κ1) is 29.8. The molecule has 1 aromatic heterocycles. The number of nitrogens with zero attached hydrogens (tertiary/aromatic N) is 3. The number of aromatic nitrogens is 2. The maximum Gasteiger partial charge on any atom is 0.335 e. The van der Waals surface area contributed by atoms with E-state index in [2.05, 4.69) is 72.3 Å². The highest BCUT2D eigenvalue weighted by molar-refractivity contribution is 7.80. The fraction of sp³-hybridized carbons (Fsp3) is 0.769. The SMILES string of the molecule is C=CCO[C@@H]1[C@@H]2O[Si](C(C)C)(C(C)C)O[Si](C(C)C)(C(C)C)OC[C@H]2O[C@H]1n1cnc2c1NCN(C)C2=S. The van der Waals surface area contributed by atoms with Crippen LogP contribution in [0.4, 0.5) is 5.82 Å². The van der Waals surface area contributed by atoms with Crippen LogP contribution in [-0.2, 0) is 22.4 Å². The van der Waals surface area contributed by atoms with Crippen molar-refractivity contribution in [1.29, 1.82) is 0 Å². The molecule has 4 rings (SSSR count). The van der Waals surface area contributed by atoms with Crippen molar-refractivity contribution in [3.05, 3.63) is 24.7 Å². The summed E-state index contributed by atoms with van der Waals surface area (Å²) in [4.78, 5) is 7.30. The van der Waals surface area contributed by atoms with E-state index in [9.17, 15) is 0 Å². The van der Waals surface area contributed by atoms with Gasteiger partial charge in [-0.05, 0) is 22.2 Å². The molecule has 2 saturated heterocycles. The van der Waals surface area contributed by atoms with Crippen LogP contribution in [0.5, 0.6) is 0 Å². The molecule has 0 aliphatic carbocycles. The highest BCUT2D eigenvalue weighted by Crippen LogP contribution is 2.49. The van der Waals surface area contributed by atoms with Gasteiger partial charge >= 0.3 is 17.1 Å². The minimum absolute atomic E-state index is 0.212. The third kappa shape index (κ3) is 4.95. The van der Waals surface area contributed by atoms with Crippen molar-refractivity contribution >= 4 is 40.1 Å². The molecule has 0 radical (unpaired) electrons. The average molecular weight is 583 g/mol. The van der Waals surface area contributed by atoms with E-state index in [1.54, 1.807) is 12.4 Å². The molecule has 9 nitrogen and oxygen atoms in total. The lowest BCUT2D eigenvalue weighted by molar-refractivity contribution is -0.0650. The lowest BCUT2D eigenvalue weighted by Gasteiger charge is -2.51. The summed E-state index contributed by atoms with van der Waals surface area (Å²) < 4.78 is 36.8. The van der Waals surface area contributed by atoms with Gasteiger partial charge in [-0.3, -0.25) is 4.57 Å². The van der Waals surface area contributed by atoms with Crippen molar-refractivity contribution in [2.45, 2.75) is 102 Å². The number of fused-ring (bicyclic) bond motifs is 2. The maximum atomic E-state index is 7.36. The molecule has 0 spiro atoms. The first-order valence-electron chi connectivity index (χ1n) is 13.9. The number of imidazole rings is 1. The number of nitrogens with one attached hydrogen (secondary N) is 1. The van der Waals surface area contributed by atoms with Gasteiger partial charge in [0, 0.05) is 7.05 Å². The quantitative estimate of drug-likeness (QED) is 0.250. The van der Waals surface area contributed by atoms with Gasteiger partial charge < -0.3 is 32.7 Å². The van der Waals surface area contributed by atoms with Crippen LogP contribution in [0.3, 0.4) is 0 Å². The Morgan fingerprint density at radius 1 is 1.13 bits per heavy atom. The van der Waals surface area contributed by atoms with Crippen molar-refractivity contribution in [1.82, 2.24) is 14.5 Å². The van der Waals surface area contributed by atoms with E-state index in [4.69, 9.17) is 34.7 Å². The minimum atomic E-state index is -2.83. The predicted molar refractivity (Wildman–Crippen MR) is 158 cm³/mol. The Morgan fingerprint density at radius 2 is 1.76 bits per heavy atom. The Hall–Kier alpha value is -1.13. The van der Waals surface area contributed by atoms with Gasteiger partial charge in [-0.1, -0.05) is 73.7 Å². The van der Waals surface area contributed by atoms with Gasteiger partial charge in [0.25, 0.3) is 0 Å². The van der Waals surface area contributed by atoms with Crippen molar-refractivity contribution in [2.24, 2.45) is 0 Å². The number of hydrogen-bond donors (Lipinski definition) is 1. The van der Waals surface area contributed by atoms with Gasteiger partial charge in [0.1, 0.15) is 34.8 Å². The zero-order valence-electron chi connectivity index (χ0n) is 24.4. The van der Waals surface area contributed by atoms with Gasteiger partial charge in [-0.15, -0.1) is 6.58 Å². The maximum absolute atomic E-state index is 7.36. The Bertz CT molecular complexity index is 1000. The van der Waals surface area contributed by atoms with Crippen molar-refractivity contribution < 1.29 is 22.4 Å². The zero-order valence-corrected chi connectivity index (χ0v) is 27.2. The van der Waals surface area contributed by atoms with Crippen molar-refractivity contribution in [3.63, 3.8) is 0 Å². The number of anilines is 1. The lowest BCUT2D eigenvalue weighted by Crippen LogP contribution is -2.66. The highest BCUT2D eigenvalue weighted by atomic mass is 32.1. The smallest absolute Gasteiger partial charge is 0.335 e. The Labute approximate surface area is 235 Å². The summed E-state index contributed by atoms with van der Waals surface area (Å²) in [6, 6.07) is 0. The fourth-order valence-electron chi connectivity index (χ4n) is 6.03. The third-order valence-corrected chi connectivity index (χ3v) is 18.9. The van der Waals surface area contributed by atoms with E-state index in [1.807, 2.05) is 16.5 Å². The third-order valence-electron chi connectivity index (χ3n) is 8.12. The first-order chi connectivity index (χ1) is 17.9. The highest BCUT2D eigenvalue weighted by Gasteiger charge is 2.62. The molecule has 4 heterocycles. The van der Waals surface area contributed by atoms with Crippen molar-refractivity contribution in [3.8, 4) is 0 Å². The van der Waals surface area contributed by atoms with Gasteiger partial charge in [0.2, 0.25) is 0 Å². The summed E-state index contributed by atoms with van der Waals surface area (Å²) in [6.07, 6.45) is 1.99. The molecule has 4 atom stereocenters. The second-order valence-electron chi connectivity index (χ2n) is 11.9. The van der Waals surface area contributed by atoms with Crippen LogP contribution in [0.1, 0.15) is 67.3 Å². The van der Waals surface area contributed by atoms with Crippen LogP contribution in [-0.4, -0.2) is 81.8 Å². The van der Waals surface area contributed by atoms with Gasteiger partial charge in [-0.25, -0.2) is 4.98 Å². The molecule has 3 aliphatic rings. The Balaban J connectivity index is 1.80. The number of rotatable bonds is 8. The minimum Gasteiger partial charge on any atom is -0.414 e. The van der Waals surface area contributed by atoms with Crippen LogP contribution in [0.15, 0.2) is 19.0 Å². The standard InChI is InChI=1S/C26H46N4O5SSi2/c1-11-12-31-23-22-20(33-25(23)30-15-27-21-24(30)28-14-29(10)26(21)36)13-32-37(16(2)3,17(4)5)35-38(34-22,18(6)7)19(8)9/h11,15-20,22-23,25,28H,1,12-14H2,2-10H3/t20-,22-,23-,25-/m1/s1. The molecule has 1 N–H and O–H groups in total. The molecule has 0 amide bonds. The van der Waals surface area contributed by atoms with Gasteiger partial charge in [0.05, 0.1) is 26.2 Å². The molecule has 0 bridgehead atoms. The van der Waals surface area contributed by atoms with E-state index in [0.29, 0.717) is 24.9 Å². The van der Waals surface area contributed by atoms with Crippen LogP contribution in [0.25, 0.3) is 0 Å². The van der Waals surface area contributed by atoms with Gasteiger partial charge in [0.15, 0.2) is 6.23 Å². The van der Waals surface area contributed by atoms with Crippen LogP contribution >= 0.6 is 12.2 Å². The lowest BCUT2D eigenvalue weighted by atomic mass is 10.1. The largest absolute Gasteiger partial charge is 0.414 e. The molecule has 214 valence electrons. The summed E-state index contributed by atoms with van der Waals surface area (Å²) in [5.74, 6) is 0.834. The van der Waals surface area contributed by atoms with Crippen LogP contribution in [0, 0.1) is 0 Å². The molecule has 2 fully saturated rings. The normalized spacial score (nSPS) is 28.9. The monoisotopic (exact) mass is 582 g/mol. The molecular weight excluding hydrogens is 537 g/mol. The van der Waals surface area contributed by atoms with Crippen LogP contribution < -0.4 is 5.32 Å². The average Bonchev–Trinajstić information content (AvgIpc) is 3.40. The first-order valence-corrected chi connectivity index (χ1v) is 18.2. The topological polar surface area (TPSA) is 79.2 Å². The van der Waals surface area contributed by atoms with Crippen molar-refractivity contribution in [2.75, 3.05) is 32.2 Å². The second kappa shape index (κ2) is 11.4. The van der Waals surface area contributed by atoms with E-state index in [1.165, 1.54) is 0 Å². The molecule has 0 saturated carbocycles. The summed E-state index contributed by atoms with van der Waals surface area (Å²) in [7, 11) is -3.55. The molecule has 38 heavy (non-hydrogen) atoms. The number of hydrogen-bond acceptors (Lipinski definition) is 8. The van der Waals surface area contributed by atoms with Gasteiger partial charge in [-0.2, -0.15) is 0 Å². The molecule has 0 unspecified atom stereocenters. The molecule has 12 heteroatoms. The fourth-order valence-corrected chi connectivity index (χ4v) is 17.5. The second-order valence-corrected chi connectivity index (χ2v) is 21.1. The number of ether oxygens (including phenoxy) is 2.